The van der Waals surface area contributed by atoms with Crippen molar-refractivity contribution < 1.29 is 14.7 Å². The molecule has 1 heterocycles. The minimum Gasteiger partial charge on any atom is -0.481 e. The highest BCUT2D eigenvalue weighted by molar-refractivity contribution is 5.75. The van der Waals surface area contributed by atoms with Crippen LogP contribution in [0, 0.1) is 0 Å². The molecule has 0 aliphatic heterocycles. The van der Waals surface area contributed by atoms with E-state index in [0.29, 0.717) is 25.8 Å². The van der Waals surface area contributed by atoms with Crippen LogP contribution >= 0.6 is 0 Å². The molecule has 1 aromatic carbocycles. The molecule has 6 nitrogen and oxygen atoms in total. The molecule has 25 heavy (non-hydrogen) atoms. The van der Waals surface area contributed by atoms with Gasteiger partial charge in [-0.1, -0.05) is 30.3 Å². The lowest BCUT2D eigenvalue weighted by Crippen LogP contribution is -2.27. The molecule has 0 aliphatic carbocycles. The summed E-state index contributed by atoms with van der Waals surface area (Å²) in [5.41, 5.74) is 3.07. The number of aromatic amines is 1. The maximum atomic E-state index is 12.0. The van der Waals surface area contributed by atoms with Gasteiger partial charge in [-0.2, -0.15) is 5.10 Å². The summed E-state index contributed by atoms with van der Waals surface area (Å²) in [6.45, 7) is 0.678. The zero-order valence-electron chi connectivity index (χ0n) is 14.6. The van der Waals surface area contributed by atoms with E-state index in [9.17, 15) is 9.59 Å². The molecular formula is C19H25N3O3. The third-order valence-corrected chi connectivity index (χ3v) is 4.10. The van der Waals surface area contributed by atoms with Crippen molar-refractivity contribution in [3.05, 3.63) is 42.1 Å². The summed E-state index contributed by atoms with van der Waals surface area (Å²) >= 11 is 0. The van der Waals surface area contributed by atoms with Crippen molar-refractivity contribution in [2.75, 3.05) is 13.6 Å². The number of unbranched alkanes of at least 4 members (excludes halogenated alkanes) is 1. The van der Waals surface area contributed by atoms with Gasteiger partial charge in [-0.05, 0) is 31.7 Å². The Hall–Kier alpha value is -2.63. The Labute approximate surface area is 147 Å². The molecular weight excluding hydrogens is 318 g/mol. The second-order valence-electron chi connectivity index (χ2n) is 6.16. The fourth-order valence-electron chi connectivity index (χ4n) is 2.62. The number of aromatic nitrogens is 2. The van der Waals surface area contributed by atoms with Crippen molar-refractivity contribution in [1.29, 1.82) is 0 Å². The molecule has 0 saturated carbocycles. The number of amides is 1. The first-order valence-electron chi connectivity index (χ1n) is 8.61. The Kier molecular flexibility index (Phi) is 7.19. The number of aliphatic carboxylic acids is 1. The van der Waals surface area contributed by atoms with Crippen LogP contribution in [0.25, 0.3) is 11.3 Å². The van der Waals surface area contributed by atoms with Gasteiger partial charge in [0.15, 0.2) is 0 Å². The van der Waals surface area contributed by atoms with E-state index in [1.807, 2.05) is 36.4 Å². The second-order valence-corrected chi connectivity index (χ2v) is 6.16. The van der Waals surface area contributed by atoms with Gasteiger partial charge in [0, 0.05) is 37.7 Å². The summed E-state index contributed by atoms with van der Waals surface area (Å²) in [7, 11) is 1.79. The second kappa shape index (κ2) is 9.61. The van der Waals surface area contributed by atoms with Crippen LogP contribution in [0.1, 0.15) is 37.8 Å². The van der Waals surface area contributed by atoms with E-state index in [2.05, 4.69) is 10.2 Å². The minimum absolute atomic E-state index is 0.0694. The highest BCUT2D eigenvalue weighted by Gasteiger charge is 2.09. The first-order valence-corrected chi connectivity index (χ1v) is 8.61. The van der Waals surface area contributed by atoms with Gasteiger partial charge < -0.3 is 10.0 Å². The number of carbonyl (C=O) groups is 2. The number of carbonyl (C=O) groups excluding carboxylic acids is 1. The molecule has 1 amide bonds. The molecule has 1 aromatic heterocycles. The van der Waals surface area contributed by atoms with Gasteiger partial charge in [-0.25, -0.2) is 0 Å². The van der Waals surface area contributed by atoms with Gasteiger partial charge in [-0.3, -0.25) is 14.7 Å². The van der Waals surface area contributed by atoms with E-state index in [-0.39, 0.29) is 12.3 Å². The van der Waals surface area contributed by atoms with E-state index >= 15 is 0 Å². The van der Waals surface area contributed by atoms with Crippen LogP contribution in [-0.2, 0) is 16.0 Å². The van der Waals surface area contributed by atoms with Gasteiger partial charge in [0.2, 0.25) is 5.91 Å². The third kappa shape index (κ3) is 6.41. The molecule has 0 unspecified atom stereocenters. The number of nitrogens with zero attached hydrogens (tertiary/aromatic N) is 2. The molecule has 0 fully saturated rings. The molecule has 2 N–H and O–H groups in total. The number of rotatable bonds is 10. The number of carboxylic acids is 1. The molecule has 0 atom stereocenters. The fourth-order valence-corrected chi connectivity index (χ4v) is 2.62. The molecule has 0 bridgehead atoms. The molecule has 134 valence electrons. The van der Waals surface area contributed by atoms with Crippen molar-refractivity contribution in [1.82, 2.24) is 15.1 Å². The smallest absolute Gasteiger partial charge is 0.303 e. The monoisotopic (exact) mass is 343 g/mol. The minimum atomic E-state index is -0.810. The van der Waals surface area contributed by atoms with Crippen LogP contribution < -0.4 is 0 Å². The normalized spacial score (nSPS) is 10.6. The van der Waals surface area contributed by atoms with Crippen molar-refractivity contribution >= 4 is 11.9 Å². The summed E-state index contributed by atoms with van der Waals surface area (Å²) in [4.78, 5) is 24.1. The predicted octanol–water partition coefficient (Wildman–Crippen LogP) is 3.11. The SMILES string of the molecule is CN(CCCc1cc(-c2ccccc2)n[nH]1)C(=O)CCCCC(=O)O. The van der Waals surface area contributed by atoms with E-state index in [1.165, 1.54) is 0 Å². The van der Waals surface area contributed by atoms with E-state index < -0.39 is 5.97 Å². The fraction of sp³-hybridized carbons (Fsp3) is 0.421. The summed E-state index contributed by atoms with van der Waals surface area (Å²) < 4.78 is 0. The number of carboxylic acid groups (broad SMARTS) is 1. The topological polar surface area (TPSA) is 86.3 Å². The van der Waals surface area contributed by atoms with Crippen molar-refractivity contribution in [3.8, 4) is 11.3 Å². The first kappa shape index (κ1) is 18.7. The van der Waals surface area contributed by atoms with Crippen molar-refractivity contribution in [2.24, 2.45) is 0 Å². The predicted molar refractivity (Wildman–Crippen MR) is 96.1 cm³/mol. The largest absolute Gasteiger partial charge is 0.481 e. The van der Waals surface area contributed by atoms with E-state index in [4.69, 9.17) is 5.11 Å². The highest BCUT2D eigenvalue weighted by Crippen LogP contribution is 2.17. The van der Waals surface area contributed by atoms with Crippen LogP contribution in [0.4, 0.5) is 0 Å². The average Bonchev–Trinajstić information content (AvgIpc) is 3.08. The number of nitrogens with one attached hydrogen (secondary N) is 1. The molecule has 0 aliphatic rings. The number of H-pyrrole nitrogens is 1. The van der Waals surface area contributed by atoms with Gasteiger partial charge in [0.1, 0.15) is 0 Å². The summed E-state index contributed by atoms with van der Waals surface area (Å²) in [5.74, 6) is -0.741. The standard InChI is InChI=1S/C19H25N3O3/c1-22(18(23)11-5-6-12-19(24)25)13-7-10-16-14-17(21-20-16)15-8-3-2-4-9-15/h2-4,8-9,14H,5-7,10-13H2,1H3,(H,20,21)(H,24,25). The van der Waals surface area contributed by atoms with Crippen LogP contribution in [-0.4, -0.2) is 45.7 Å². The lowest BCUT2D eigenvalue weighted by atomic mass is 10.1. The van der Waals surface area contributed by atoms with Crippen LogP contribution in [0.5, 0.6) is 0 Å². The van der Waals surface area contributed by atoms with Crippen LogP contribution in [0.2, 0.25) is 0 Å². The maximum Gasteiger partial charge on any atom is 0.303 e. The first-order chi connectivity index (χ1) is 12.1. The zero-order chi connectivity index (χ0) is 18.1. The molecule has 0 saturated heterocycles. The summed E-state index contributed by atoms with van der Waals surface area (Å²) in [6, 6.07) is 12.0. The van der Waals surface area contributed by atoms with Crippen LogP contribution in [0.15, 0.2) is 36.4 Å². The van der Waals surface area contributed by atoms with Crippen molar-refractivity contribution in [3.63, 3.8) is 0 Å². The lowest BCUT2D eigenvalue weighted by molar-refractivity contribution is -0.137. The lowest BCUT2D eigenvalue weighted by Gasteiger charge is -2.16. The third-order valence-electron chi connectivity index (χ3n) is 4.10. The maximum absolute atomic E-state index is 12.0. The Morgan fingerprint density at radius 2 is 1.84 bits per heavy atom. The Morgan fingerprint density at radius 3 is 2.56 bits per heavy atom. The molecule has 0 spiro atoms. The Bertz CT molecular complexity index is 682. The Balaban J connectivity index is 1.69. The number of aryl methyl sites for hydroxylation is 1. The Morgan fingerprint density at radius 1 is 1.12 bits per heavy atom. The van der Waals surface area contributed by atoms with Gasteiger partial charge in [0.25, 0.3) is 0 Å². The zero-order valence-corrected chi connectivity index (χ0v) is 14.6. The number of hydrogen-bond donors (Lipinski definition) is 2. The van der Waals surface area contributed by atoms with E-state index in [0.717, 1.165) is 29.8 Å². The average molecular weight is 343 g/mol. The van der Waals surface area contributed by atoms with Crippen LogP contribution in [0.3, 0.4) is 0 Å². The molecule has 6 heteroatoms. The summed E-state index contributed by atoms with van der Waals surface area (Å²) in [5, 5.41) is 16.0. The summed E-state index contributed by atoms with van der Waals surface area (Å²) in [6.07, 6.45) is 3.39. The quantitative estimate of drug-likeness (QED) is 0.649. The highest BCUT2D eigenvalue weighted by atomic mass is 16.4. The van der Waals surface area contributed by atoms with Gasteiger partial charge in [0.05, 0.1) is 5.69 Å². The van der Waals surface area contributed by atoms with Gasteiger partial charge >= 0.3 is 5.97 Å². The molecule has 2 aromatic rings. The number of benzene rings is 1. The molecule has 0 radical (unpaired) electrons. The molecule has 2 rings (SSSR count). The van der Waals surface area contributed by atoms with Crippen molar-refractivity contribution in [2.45, 2.75) is 38.5 Å². The van der Waals surface area contributed by atoms with Gasteiger partial charge in [-0.15, -0.1) is 0 Å². The van der Waals surface area contributed by atoms with E-state index in [1.54, 1.807) is 11.9 Å². The number of hydrogen-bond acceptors (Lipinski definition) is 3.